The van der Waals surface area contributed by atoms with E-state index in [0.29, 0.717) is 11.8 Å². The van der Waals surface area contributed by atoms with Gasteiger partial charge in [-0.1, -0.05) is 49.3 Å². The fraction of sp³-hybridized carbons (Fsp3) is 0.529. The third kappa shape index (κ3) is 1.57. The van der Waals surface area contributed by atoms with Gasteiger partial charge in [0.1, 0.15) is 0 Å². The van der Waals surface area contributed by atoms with E-state index in [9.17, 15) is 0 Å². The highest BCUT2D eigenvalue weighted by Gasteiger charge is 2.43. The molecule has 0 radical (unpaired) electrons. The Morgan fingerprint density at radius 3 is 2.00 bits per heavy atom. The highest BCUT2D eigenvalue weighted by molar-refractivity contribution is 5.46. The molecule has 2 rings (SSSR count). The van der Waals surface area contributed by atoms with E-state index in [1.165, 1.54) is 11.1 Å². The lowest BCUT2D eigenvalue weighted by atomic mass is 9.58. The van der Waals surface area contributed by atoms with Crippen molar-refractivity contribution in [2.45, 2.75) is 41.5 Å². The topological polar surface area (TPSA) is 0 Å². The zero-order valence-electron chi connectivity index (χ0n) is 12.0. The zero-order chi connectivity index (χ0) is 12.8. The van der Waals surface area contributed by atoms with Gasteiger partial charge in [0.05, 0.1) is 0 Å². The van der Waals surface area contributed by atoms with Gasteiger partial charge in [-0.2, -0.15) is 0 Å². The lowest BCUT2D eigenvalue weighted by molar-refractivity contribution is 0.236. The summed E-state index contributed by atoms with van der Waals surface area (Å²) < 4.78 is 0. The Morgan fingerprint density at radius 1 is 0.941 bits per heavy atom. The molecule has 2 atom stereocenters. The summed E-state index contributed by atoms with van der Waals surface area (Å²) in [6.45, 7) is 14.0. The maximum absolute atomic E-state index is 2.43. The van der Waals surface area contributed by atoms with E-state index in [1.54, 1.807) is 11.1 Å². The average Bonchev–Trinajstić information content (AvgIpc) is 2.85. The van der Waals surface area contributed by atoms with Gasteiger partial charge in [-0.3, -0.25) is 0 Å². The standard InChI is InChI=1S/C17H24/c1-11-12(2)14(4)17(6,15(5)13(11)3)16-9-7-8-10-16/h7-10,14,16H,1-6H3. The van der Waals surface area contributed by atoms with Crippen LogP contribution < -0.4 is 0 Å². The van der Waals surface area contributed by atoms with Gasteiger partial charge in [-0.15, -0.1) is 0 Å². The van der Waals surface area contributed by atoms with E-state index >= 15 is 0 Å². The normalized spacial score (nSPS) is 34.1. The second-order valence-corrected chi connectivity index (χ2v) is 5.86. The van der Waals surface area contributed by atoms with Crippen LogP contribution in [0.1, 0.15) is 41.5 Å². The third-order valence-corrected chi connectivity index (χ3v) is 5.51. The molecule has 0 N–H and O–H groups in total. The highest BCUT2D eigenvalue weighted by atomic mass is 14.5. The predicted octanol–water partition coefficient (Wildman–Crippen LogP) is 5.06. The summed E-state index contributed by atoms with van der Waals surface area (Å²) in [4.78, 5) is 0. The molecule has 0 heterocycles. The van der Waals surface area contributed by atoms with Gasteiger partial charge in [0, 0.05) is 11.3 Å². The van der Waals surface area contributed by atoms with Gasteiger partial charge in [-0.05, 0) is 44.8 Å². The molecule has 0 aromatic carbocycles. The SMILES string of the molecule is CC1=C(C)C(C)C(C)(C2C=CC=C2)C(C)=C1C. The minimum Gasteiger partial charge on any atom is -0.0767 e. The molecule has 0 spiro atoms. The maximum Gasteiger partial charge on any atom is 0.00497 e. The fourth-order valence-electron chi connectivity index (χ4n) is 3.45. The van der Waals surface area contributed by atoms with Gasteiger partial charge in [0.25, 0.3) is 0 Å². The predicted molar refractivity (Wildman–Crippen MR) is 75.8 cm³/mol. The second kappa shape index (κ2) is 4.01. The van der Waals surface area contributed by atoms with Crippen LogP contribution in [0.5, 0.6) is 0 Å². The van der Waals surface area contributed by atoms with E-state index in [2.05, 4.69) is 65.8 Å². The molecule has 0 saturated heterocycles. The van der Waals surface area contributed by atoms with Crippen molar-refractivity contribution in [1.29, 1.82) is 0 Å². The molecular formula is C17H24. The molecule has 0 amide bonds. The Hall–Kier alpha value is -1.04. The summed E-state index contributed by atoms with van der Waals surface area (Å²) >= 11 is 0. The molecule has 0 saturated carbocycles. The Balaban J connectivity index is 2.56. The molecular weight excluding hydrogens is 204 g/mol. The first kappa shape index (κ1) is 12.4. The first-order valence-electron chi connectivity index (χ1n) is 6.61. The summed E-state index contributed by atoms with van der Waals surface area (Å²) in [5.41, 5.74) is 6.37. The van der Waals surface area contributed by atoms with Crippen LogP contribution >= 0.6 is 0 Å². The molecule has 2 aliphatic carbocycles. The maximum atomic E-state index is 2.43. The smallest absolute Gasteiger partial charge is 0.00497 e. The van der Waals surface area contributed by atoms with Gasteiger partial charge in [0.15, 0.2) is 0 Å². The van der Waals surface area contributed by atoms with Crippen LogP contribution in [0.3, 0.4) is 0 Å². The van der Waals surface area contributed by atoms with Crippen molar-refractivity contribution in [3.8, 4) is 0 Å². The van der Waals surface area contributed by atoms with Crippen LogP contribution in [0.2, 0.25) is 0 Å². The van der Waals surface area contributed by atoms with Gasteiger partial charge >= 0.3 is 0 Å². The Kier molecular flexibility index (Phi) is 2.93. The number of rotatable bonds is 1. The van der Waals surface area contributed by atoms with Crippen molar-refractivity contribution < 1.29 is 0 Å². The number of allylic oxidation sites excluding steroid dienone is 8. The monoisotopic (exact) mass is 228 g/mol. The Bertz CT molecular complexity index is 444. The van der Waals surface area contributed by atoms with E-state index in [4.69, 9.17) is 0 Å². The van der Waals surface area contributed by atoms with Crippen molar-refractivity contribution in [3.63, 3.8) is 0 Å². The van der Waals surface area contributed by atoms with Crippen molar-refractivity contribution >= 4 is 0 Å². The summed E-state index contributed by atoms with van der Waals surface area (Å²) in [5, 5.41) is 0. The second-order valence-electron chi connectivity index (χ2n) is 5.86. The third-order valence-electron chi connectivity index (χ3n) is 5.51. The van der Waals surface area contributed by atoms with E-state index in [-0.39, 0.29) is 5.41 Å². The average molecular weight is 228 g/mol. The molecule has 0 aromatic rings. The lowest BCUT2D eigenvalue weighted by Crippen LogP contribution is -2.37. The van der Waals surface area contributed by atoms with Crippen molar-refractivity contribution in [3.05, 3.63) is 46.6 Å². The first-order chi connectivity index (χ1) is 7.90. The van der Waals surface area contributed by atoms with E-state index < -0.39 is 0 Å². The fourth-order valence-corrected chi connectivity index (χ4v) is 3.45. The molecule has 0 aliphatic heterocycles. The molecule has 2 unspecified atom stereocenters. The summed E-state index contributed by atoms with van der Waals surface area (Å²) in [7, 11) is 0. The summed E-state index contributed by atoms with van der Waals surface area (Å²) in [6.07, 6.45) is 9.07. The van der Waals surface area contributed by atoms with E-state index in [0.717, 1.165) is 0 Å². The van der Waals surface area contributed by atoms with Gasteiger partial charge < -0.3 is 0 Å². The van der Waals surface area contributed by atoms with Crippen molar-refractivity contribution in [1.82, 2.24) is 0 Å². The highest BCUT2D eigenvalue weighted by Crippen LogP contribution is 2.52. The minimum absolute atomic E-state index is 0.247. The van der Waals surface area contributed by atoms with Crippen LogP contribution in [0.15, 0.2) is 46.6 Å². The van der Waals surface area contributed by atoms with Crippen LogP contribution in [0.25, 0.3) is 0 Å². The minimum atomic E-state index is 0.247. The Labute approximate surface area is 106 Å². The molecule has 17 heavy (non-hydrogen) atoms. The van der Waals surface area contributed by atoms with Gasteiger partial charge in [0.2, 0.25) is 0 Å². The largest absolute Gasteiger partial charge is 0.0767 e. The van der Waals surface area contributed by atoms with Crippen LogP contribution in [0, 0.1) is 17.3 Å². The molecule has 92 valence electrons. The molecule has 0 fully saturated rings. The molecule has 0 bridgehead atoms. The summed E-state index contributed by atoms with van der Waals surface area (Å²) in [5.74, 6) is 1.17. The zero-order valence-corrected chi connectivity index (χ0v) is 12.0. The van der Waals surface area contributed by atoms with Crippen molar-refractivity contribution in [2.75, 3.05) is 0 Å². The summed E-state index contributed by atoms with van der Waals surface area (Å²) in [6, 6.07) is 0. The molecule has 2 aliphatic rings. The van der Waals surface area contributed by atoms with Crippen LogP contribution in [-0.4, -0.2) is 0 Å². The molecule has 0 nitrogen and oxygen atoms in total. The molecule has 0 heteroatoms. The first-order valence-corrected chi connectivity index (χ1v) is 6.61. The quantitative estimate of drug-likeness (QED) is 0.588. The van der Waals surface area contributed by atoms with Crippen LogP contribution in [-0.2, 0) is 0 Å². The van der Waals surface area contributed by atoms with Crippen molar-refractivity contribution in [2.24, 2.45) is 17.3 Å². The molecule has 0 aromatic heterocycles. The van der Waals surface area contributed by atoms with Gasteiger partial charge in [-0.25, -0.2) is 0 Å². The lowest BCUT2D eigenvalue weighted by Gasteiger charge is -2.46. The number of hydrogen-bond donors (Lipinski definition) is 0. The van der Waals surface area contributed by atoms with Crippen LogP contribution in [0.4, 0.5) is 0 Å². The Morgan fingerprint density at radius 2 is 1.47 bits per heavy atom. The van der Waals surface area contributed by atoms with E-state index in [1.807, 2.05) is 0 Å². The number of hydrogen-bond acceptors (Lipinski definition) is 0.